The van der Waals surface area contributed by atoms with E-state index in [1.165, 1.54) is 27.5 Å². The smallest absolute Gasteiger partial charge is 0.0611 e. The van der Waals surface area contributed by atoms with Gasteiger partial charge in [-0.15, -0.1) is 0 Å². The van der Waals surface area contributed by atoms with Gasteiger partial charge in [-0.1, -0.05) is 64.0 Å². The van der Waals surface area contributed by atoms with E-state index in [-0.39, 0.29) is 0 Å². The van der Waals surface area contributed by atoms with Crippen molar-refractivity contribution in [2.45, 2.75) is 11.8 Å². The van der Waals surface area contributed by atoms with E-state index in [4.69, 9.17) is 0 Å². The lowest BCUT2D eigenvalue weighted by Crippen LogP contribution is -1.99. The lowest BCUT2D eigenvalue weighted by molar-refractivity contribution is 1.15. The highest BCUT2D eigenvalue weighted by Gasteiger charge is 2.18. The lowest BCUT2D eigenvalue weighted by atomic mass is 9.89. The number of alkyl halides is 1. The first-order valence-corrected chi connectivity index (χ1v) is 6.03. The van der Waals surface area contributed by atoms with E-state index in [1.54, 1.807) is 0 Å². The molecule has 0 saturated carbocycles. The predicted molar refractivity (Wildman–Crippen MR) is 69.3 cm³/mol. The summed E-state index contributed by atoms with van der Waals surface area (Å²) in [6.07, 6.45) is 2.27. The molecule has 74 valence electrons. The summed E-state index contributed by atoms with van der Waals surface area (Å²) in [7, 11) is 0. The monoisotopic (exact) mass is 258 g/mol. The minimum atomic E-state index is 0.371. The van der Waals surface area contributed by atoms with Crippen LogP contribution in [0.3, 0.4) is 0 Å². The van der Waals surface area contributed by atoms with Crippen molar-refractivity contribution in [2.24, 2.45) is 0 Å². The molecule has 0 spiro atoms. The number of hydrogen-bond donors (Lipinski definition) is 0. The Kier molecular flexibility index (Phi) is 1.96. The van der Waals surface area contributed by atoms with Crippen LogP contribution in [0.15, 0.2) is 42.0 Å². The van der Waals surface area contributed by atoms with Crippen LogP contribution in [0.25, 0.3) is 16.8 Å². The Bertz CT molecular complexity index is 561. The molecule has 3 rings (SSSR count). The van der Waals surface area contributed by atoms with Crippen LogP contribution in [-0.2, 0) is 0 Å². The zero-order valence-corrected chi connectivity index (χ0v) is 10.1. The third-order valence-electron chi connectivity index (χ3n) is 3.03. The average molecular weight is 259 g/mol. The summed E-state index contributed by atoms with van der Waals surface area (Å²) in [5, 5.41) is 2.73. The quantitative estimate of drug-likeness (QED) is 0.602. The molecule has 0 N–H and O–H groups in total. The van der Waals surface area contributed by atoms with Gasteiger partial charge in [-0.2, -0.15) is 0 Å². The zero-order valence-electron chi connectivity index (χ0n) is 8.50. The van der Waals surface area contributed by atoms with Gasteiger partial charge in [0, 0.05) is 0 Å². The van der Waals surface area contributed by atoms with Gasteiger partial charge in [0.1, 0.15) is 0 Å². The van der Waals surface area contributed by atoms with Crippen LogP contribution in [0.2, 0.25) is 0 Å². The third kappa shape index (κ3) is 1.26. The van der Waals surface area contributed by atoms with Crippen molar-refractivity contribution in [1.29, 1.82) is 0 Å². The van der Waals surface area contributed by atoms with Crippen molar-refractivity contribution < 1.29 is 0 Å². The molecular formula is C14H11Br. The molecule has 0 amide bonds. The second-order valence-electron chi connectivity index (χ2n) is 4.04. The Morgan fingerprint density at radius 3 is 2.60 bits per heavy atom. The summed E-state index contributed by atoms with van der Waals surface area (Å²) >= 11 is 3.75. The summed E-state index contributed by atoms with van der Waals surface area (Å²) in [6.45, 7) is 2.17. The standard InChI is InChI=1S/C14H11Br/c1-9-8-11-6-2-4-10-5-3-7-12(13(10)11)14(9)15/h2-8,14H,1H3. The summed E-state index contributed by atoms with van der Waals surface area (Å²) in [4.78, 5) is 0.371. The molecule has 2 aromatic rings. The van der Waals surface area contributed by atoms with E-state index in [0.29, 0.717) is 4.83 Å². The Morgan fingerprint density at radius 2 is 1.80 bits per heavy atom. The van der Waals surface area contributed by atoms with Crippen molar-refractivity contribution >= 4 is 32.8 Å². The molecule has 0 fully saturated rings. The summed E-state index contributed by atoms with van der Waals surface area (Å²) < 4.78 is 0. The highest BCUT2D eigenvalue weighted by molar-refractivity contribution is 9.09. The predicted octanol–water partition coefficient (Wildman–Crippen LogP) is 4.69. The topological polar surface area (TPSA) is 0 Å². The second-order valence-corrected chi connectivity index (χ2v) is 4.96. The largest absolute Gasteiger partial charge is 0.0790 e. The van der Waals surface area contributed by atoms with E-state index < -0.39 is 0 Å². The zero-order chi connectivity index (χ0) is 10.4. The van der Waals surface area contributed by atoms with Crippen LogP contribution in [0, 0.1) is 0 Å². The molecule has 0 bridgehead atoms. The SMILES string of the molecule is CC1=Cc2cccc3cccc(c23)C1Br. The normalized spacial score (nSPS) is 19.1. The highest BCUT2D eigenvalue weighted by Crippen LogP contribution is 2.41. The van der Waals surface area contributed by atoms with Crippen LogP contribution in [0.1, 0.15) is 22.9 Å². The summed E-state index contributed by atoms with van der Waals surface area (Å²) in [5.74, 6) is 0. The molecule has 15 heavy (non-hydrogen) atoms. The van der Waals surface area contributed by atoms with Gasteiger partial charge < -0.3 is 0 Å². The second kappa shape index (κ2) is 3.21. The van der Waals surface area contributed by atoms with Gasteiger partial charge in [0.05, 0.1) is 4.83 Å². The fourth-order valence-corrected chi connectivity index (χ4v) is 2.81. The molecule has 1 aliphatic carbocycles. The Balaban J connectivity index is 2.49. The van der Waals surface area contributed by atoms with E-state index in [1.807, 2.05) is 0 Å². The molecule has 2 aromatic carbocycles. The fourth-order valence-electron chi connectivity index (χ4n) is 2.29. The molecule has 0 nitrogen and oxygen atoms in total. The van der Waals surface area contributed by atoms with Gasteiger partial charge in [-0.05, 0) is 28.8 Å². The van der Waals surface area contributed by atoms with Gasteiger partial charge in [-0.25, -0.2) is 0 Å². The van der Waals surface area contributed by atoms with Crippen LogP contribution < -0.4 is 0 Å². The summed E-state index contributed by atoms with van der Waals surface area (Å²) in [6, 6.07) is 13.0. The van der Waals surface area contributed by atoms with Gasteiger partial charge in [-0.3, -0.25) is 0 Å². The molecular weight excluding hydrogens is 248 g/mol. The Hall–Kier alpha value is -1.08. The molecule has 1 atom stereocenters. The minimum Gasteiger partial charge on any atom is -0.0790 e. The molecule has 0 heterocycles. The van der Waals surface area contributed by atoms with Crippen LogP contribution in [0.5, 0.6) is 0 Å². The van der Waals surface area contributed by atoms with Crippen LogP contribution in [-0.4, -0.2) is 0 Å². The molecule has 0 aliphatic heterocycles. The van der Waals surface area contributed by atoms with Crippen molar-refractivity contribution in [3.05, 3.63) is 53.1 Å². The maximum atomic E-state index is 3.75. The Morgan fingerprint density at radius 1 is 1.07 bits per heavy atom. The molecule has 1 heteroatoms. The van der Waals surface area contributed by atoms with Crippen LogP contribution in [0.4, 0.5) is 0 Å². The van der Waals surface area contributed by atoms with Crippen molar-refractivity contribution in [1.82, 2.24) is 0 Å². The first kappa shape index (κ1) is 9.17. The molecule has 1 aliphatic rings. The number of benzene rings is 2. The average Bonchev–Trinajstić information content (AvgIpc) is 2.26. The van der Waals surface area contributed by atoms with Crippen molar-refractivity contribution in [2.75, 3.05) is 0 Å². The highest BCUT2D eigenvalue weighted by atomic mass is 79.9. The van der Waals surface area contributed by atoms with E-state index >= 15 is 0 Å². The number of rotatable bonds is 0. The van der Waals surface area contributed by atoms with Gasteiger partial charge in [0.25, 0.3) is 0 Å². The molecule has 0 saturated heterocycles. The van der Waals surface area contributed by atoms with Crippen molar-refractivity contribution in [3.8, 4) is 0 Å². The maximum Gasteiger partial charge on any atom is 0.0611 e. The van der Waals surface area contributed by atoms with Crippen molar-refractivity contribution in [3.63, 3.8) is 0 Å². The van der Waals surface area contributed by atoms with Gasteiger partial charge in [0.15, 0.2) is 0 Å². The van der Waals surface area contributed by atoms with E-state index in [9.17, 15) is 0 Å². The molecule has 0 radical (unpaired) electrons. The molecule has 0 aromatic heterocycles. The fraction of sp³-hybridized carbons (Fsp3) is 0.143. The maximum absolute atomic E-state index is 3.75. The van der Waals surface area contributed by atoms with E-state index in [2.05, 4.69) is 65.3 Å². The lowest BCUT2D eigenvalue weighted by Gasteiger charge is -2.20. The Labute approximate surface area is 97.7 Å². The summed E-state index contributed by atoms with van der Waals surface area (Å²) in [5.41, 5.74) is 4.11. The number of halogens is 1. The first-order chi connectivity index (χ1) is 7.27. The van der Waals surface area contributed by atoms with Gasteiger partial charge in [0.2, 0.25) is 0 Å². The number of allylic oxidation sites excluding steroid dienone is 1. The molecule has 1 unspecified atom stereocenters. The third-order valence-corrected chi connectivity index (χ3v) is 4.24. The number of hydrogen-bond acceptors (Lipinski definition) is 0. The minimum absolute atomic E-state index is 0.371. The first-order valence-electron chi connectivity index (χ1n) is 5.11. The van der Waals surface area contributed by atoms with E-state index in [0.717, 1.165) is 0 Å². The van der Waals surface area contributed by atoms with Crippen LogP contribution >= 0.6 is 15.9 Å². The van der Waals surface area contributed by atoms with Gasteiger partial charge >= 0.3 is 0 Å².